The average molecular weight is 468 g/mol. The Hall–Kier alpha value is -4.18. The lowest BCUT2D eigenvalue weighted by Gasteiger charge is -2.24. The zero-order valence-corrected chi connectivity index (χ0v) is 18.0. The van der Waals surface area contributed by atoms with Crippen LogP contribution in [0, 0.1) is 21.7 Å². The van der Waals surface area contributed by atoms with Gasteiger partial charge in [0.2, 0.25) is 0 Å². The van der Waals surface area contributed by atoms with E-state index in [1.807, 2.05) is 0 Å². The summed E-state index contributed by atoms with van der Waals surface area (Å²) in [5, 5.41) is 13.6. The van der Waals surface area contributed by atoms with Gasteiger partial charge in [-0.05, 0) is 48.9 Å². The molecule has 3 rings (SSSR count). The summed E-state index contributed by atoms with van der Waals surface area (Å²) in [5.41, 5.74) is 6.53. The molecule has 0 unspecified atom stereocenters. The highest BCUT2D eigenvalue weighted by atomic mass is 19.1. The molecule has 3 aromatic carbocycles. The third-order valence-electron chi connectivity index (χ3n) is 5.00. The normalized spacial score (nSPS) is 10.6. The Morgan fingerprint density at radius 1 is 0.971 bits per heavy atom. The van der Waals surface area contributed by atoms with Crippen molar-refractivity contribution in [3.8, 4) is 0 Å². The Morgan fingerprint density at radius 3 is 2.24 bits per heavy atom. The van der Waals surface area contributed by atoms with Gasteiger partial charge in [0.25, 0.3) is 17.5 Å². The molecular weight excluding hydrogens is 446 g/mol. The number of hydrogen-bond donors (Lipinski definition) is 2. The highest BCUT2D eigenvalue weighted by Gasteiger charge is 2.20. The van der Waals surface area contributed by atoms with Crippen LogP contribution in [-0.2, 0) is 6.54 Å². The summed E-state index contributed by atoms with van der Waals surface area (Å²) in [4.78, 5) is 37.3. The van der Waals surface area contributed by atoms with E-state index in [-0.39, 0.29) is 29.9 Å². The summed E-state index contributed by atoms with van der Waals surface area (Å²) in [7, 11) is 0. The number of carbonyl (C=O) groups excluding carboxylic acids is 2. The predicted octanol–water partition coefficient (Wildman–Crippen LogP) is 4.12. The number of nitro groups is 1. The number of hydrogen-bond acceptors (Lipinski definition) is 5. The molecule has 3 aromatic rings. The molecule has 0 aliphatic rings. The van der Waals surface area contributed by atoms with E-state index in [2.05, 4.69) is 5.32 Å². The first kappa shape index (κ1) is 24.5. The molecule has 10 heteroatoms. The van der Waals surface area contributed by atoms with Crippen molar-refractivity contribution < 1.29 is 23.3 Å². The van der Waals surface area contributed by atoms with E-state index in [1.54, 1.807) is 24.3 Å². The number of halogens is 2. The molecule has 0 fully saturated rings. The van der Waals surface area contributed by atoms with Crippen LogP contribution < -0.4 is 11.1 Å². The van der Waals surface area contributed by atoms with E-state index >= 15 is 0 Å². The number of nitrogens with one attached hydrogen (secondary N) is 1. The van der Waals surface area contributed by atoms with Gasteiger partial charge < -0.3 is 16.0 Å². The number of benzene rings is 3. The molecule has 2 amide bonds. The number of carbonyl (C=O) groups is 2. The largest absolute Gasteiger partial charge is 0.334 e. The number of amides is 2. The zero-order chi connectivity index (χ0) is 24.7. The summed E-state index contributed by atoms with van der Waals surface area (Å²) in [6.45, 7) is 0.589. The number of nitrogens with two attached hydrogens (primary N) is 1. The van der Waals surface area contributed by atoms with E-state index in [0.29, 0.717) is 30.3 Å². The van der Waals surface area contributed by atoms with Crippen LogP contribution in [0.4, 0.5) is 20.2 Å². The maximum Gasteiger partial charge on any atom is 0.269 e. The third-order valence-corrected chi connectivity index (χ3v) is 5.00. The van der Waals surface area contributed by atoms with Gasteiger partial charge in [-0.3, -0.25) is 19.7 Å². The second-order valence-electron chi connectivity index (χ2n) is 7.44. The minimum Gasteiger partial charge on any atom is -0.334 e. The van der Waals surface area contributed by atoms with Gasteiger partial charge in [-0.25, -0.2) is 8.78 Å². The Labute approximate surface area is 194 Å². The van der Waals surface area contributed by atoms with Crippen molar-refractivity contribution in [2.45, 2.75) is 13.0 Å². The maximum atomic E-state index is 13.7. The smallest absolute Gasteiger partial charge is 0.269 e. The summed E-state index contributed by atoms with van der Waals surface area (Å²) in [5.74, 6) is -2.80. The second kappa shape index (κ2) is 11.1. The highest BCUT2D eigenvalue weighted by Crippen LogP contribution is 2.21. The van der Waals surface area contributed by atoms with Crippen LogP contribution >= 0.6 is 0 Å². The molecule has 0 aliphatic carbocycles. The standard InChI is InChI=1S/C24H22F2N4O4/c25-19-12-18(13-20(26)14-19)24(32)29(11-3-10-27)15-17-4-1-2-5-22(17)28-23(31)16-6-8-21(9-7-16)30(33)34/h1-2,4-9,12-14H,3,10-11,15,27H2,(H,28,31). The fourth-order valence-electron chi connectivity index (χ4n) is 3.31. The van der Waals surface area contributed by atoms with Crippen LogP contribution in [0.3, 0.4) is 0 Å². The molecule has 0 aliphatic heterocycles. The lowest BCUT2D eigenvalue weighted by atomic mass is 10.1. The van der Waals surface area contributed by atoms with Gasteiger partial charge in [-0.15, -0.1) is 0 Å². The molecule has 34 heavy (non-hydrogen) atoms. The van der Waals surface area contributed by atoms with Crippen molar-refractivity contribution in [1.29, 1.82) is 0 Å². The van der Waals surface area contributed by atoms with Crippen LogP contribution in [0.2, 0.25) is 0 Å². The molecule has 3 N–H and O–H groups in total. The van der Waals surface area contributed by atoms with Crippen molar-refractivity contribution in [2.24, 2.45) is 5.73 Å². The fraction of sp³-hybridized carbons (Fsp3) is 0.167. The van der Waals surface area contributed by atoms with Gasteiger partial charge in [0.15, 0.2) is 0 Å². The van der Waals surface area contributed by atoms with Crippen LogP contribution in [-0.4, -0.2) is 34.7 Å². The average Bonchev–Trinajstić information content (AvgIpc) is 2.81. The molecule has 0 aromatic heterocycles. The summed E-state index contributed by atoms with van der Waals surface area (Å²) < 4.78 is 27.3. The SMILES string of the molecule is NCCCN(Cc1ccccc1NC(=O)c1ccc([N+](=O)[O-])cc1)C(=O)c1cc(F)cc(F)c1. The quantitative estimate of drug-likeness (QED) is 0.362. The van der Waals surface area contributed by atoms with E-state index in [9.17, 15) is 28.5 Å². The molecule has 0 radical (unpaired) electrons. The Kier molecular flexibility index (Phi) is 7.99. The summed E-state index contributed by atoms with van der Waals surface area (Å²) >= 11 is 0. The van der Waals surface area contributed by atoms with Gasteiger partial charge in [0, 0.05) is 48.1 Å². The van der Waals surface area contributed by atoms with Crippen molar-refractivity contribution >= 4 is 23.2 Å². The van der Waals surface area contributed by atoms with Gasteiger partial charge >= 0.3 is 0 Å². The van der Waals surface area contributed by atoms with Gasteiger partial charge in [-0.2, -0.15) is 0 Å². The minimum absolute atomic E-state index is 0.0493. The fourth-order valence-corrected chi connectivity index (χ4v) is 3.31. The molecule has 0 saturated carbocycles. The number of nitrogens with zero attached hydrogens (tertiary/aromatic N) is 2. The number of rotatable bonds is 9. The van der Waals surface area contributed by atoms with Gasteiger partial charge in [-0.1, -0.05) is 18.2 Å². The van der Waals surface area contributed by atoms with E-state index in [1.165, 1.54) is 29.2 Å². The van der Waals surface area contributed by atoms with Crippen molar-refractivity contribution in [2.75, 3.05) is 18.4 Å². The molecule has 8 nitrogen and oxygen atoms in total. The molecule has 0 spiro atoms. The first-order valence-corrected chi connectivity index (χ1v) is 10.4. The van der Waals surface area contributed by atoms with E-state index in [0.717, 1.165) is 12.1 Å². The van der Waals surface area contributed by atoms with Crippen molar-refractivity contribution in [1.82, 2.24) is 4.90 Å². The molecule has 176 valence electrons. The molecule has 0 heterocycles. The molecule has 0 bridgehead atoms. The van der Waals surface area contributed by atoms with Crippen LogP contribution in [0.15, 0.2) is 66.7 Å². The number of para-hydroxylation sites is 1. The first-order valence-electron chi connectivity index (χ1n) is 10.4. The summed E-state index contributed by atoms with van der Waals surface area (Å²) in [6.07, 6.45) is 0.459. The summed E-state index contributed by atoms with van der Waals surface area (Å²) in [6, 6.07) is 14.5. The van der Waals surface area contributed by atoms with Crippen LogP contribution in [0.25, 0.3) is 0 Å². The Bertz CT molecular complexity index is 1180. The number of nitro benzene ring substituents is 1. The minimum atomic E-state index is -0.863. The monoisotopic (exact) mass is 468 g/mol. The van der Waals surface area contributed by atoms with Crippen molar-refractivity contribution in [3.05, 3.63) is 105 Å². The Balaban J connectivity index is 1.83. The third kappa shape index (κ3) is 6.20. The van der Waals surface area contributed by atoms with E-state index < -0.39 is 28.4 Å². The van der Waals surface area contributed by atoms with Crippen molar-refractivity contribution in [3.63, 3.8) is 0 Å². The first-order chi connectivity index (χ1) is 16.3. The highest BCUT2D eigenvalue weighted by molar-refractivity contribution is 6.04. The lowest BCUT2D eigenvalue weighted by Crippen LogP contribution is -2.33. The van der Waals surface area contributed by atoms with Gasteiger partial charge in [0.05, 0.1) is 4.92 Å². The lowest BCUT2D eigenvalue weighted by molar-refractivity contribution is -0.384. The molecule has 0 atom stereocenters. The predicted molar refractivity (Wildman–Crippen MR) is 122 cm³/mol. The van der Waals surface area contributed by atoms with Gasteiger partial charge in [0.1, 0.15) is 11.6 Å². The van der Waals surface area contributed by atoms with Crippen LogP contribution in [0.1, 0.15) is 32.7 Å². The zero-order valence-electron chi connectivity index (χ0n) is 18.0. The number of non-ortho nitro benzene ring substituents is 1. The molecular formula is C24H22F2N4O4. The Morgan fingerprint density at radius 2 is 1.62 bits per heavy atom. The molecule has 0 saturated heterocycles. The second-order valence-corrected chi connectivity index (χ2v) is 7.44. The van der Waals surface area contributed by atoms with E-state index in [4.69, 9.17) is 5.73 Å². The topological polar surface area (TPSA) is 119 Å². The number of anilines is 1. The maximum absolute atomic E-state index is 13.7. The van der Waals surface area contributed by atoms with Crippen LogP contribution in [0.5, 0.6) is 0 Å².